The number of nitro benzene ring substituents is 1. The summed E-state index contributed by atoms with van der Waals surface area (Å²) >= 11 is 0. The number of halogens is 1. The molecule has 158 valence electrons. The van der Waals surface area contributed by atoms with Gasteiger partial charge in [0.1, 0.15) is 0 Å². The van der Waals surface area contributed by atoms with Crippen molar-refractivity contribution in [3.63, 3.8) is 0 Å². The number of anilines is 2. The van der Waals surface area contributed by atoms with E-state index >= 15 is 0 Å². The van der Waals surface area contributed by atoms with E-state index in [4.69, 9.17) is 0 Å². The molecule has 3 aromatic carbocycles. The summed E-state index contributed by atoms with van der Waals surface area (Å²) in [6, 6.07) is 16.3. The lowest BCUT2D eigenvalue weighted by molar-refractivity contribution is -0.384. The van der Waals surface area contributed by atoms with Gasteiger partial charge in [-0.3, -0.25) is 14.8 Å². The Morgan fingerprint density at radius 2 is 1.67 bits per heavy atom. The van der Waals surface area contributed by atoms with E-state index < -0.39 is 14.9 Å². The minimum absolute atomic E-state index is 0. The third-order valence-corrected chi connectivity index (χ3v) is 6.36. The Kier molecular flexibility index (Phi) is 6.45. The zero-order valence-electron chi connectivity index (χ0n) is 15.9. The highest BCUT2D eigenvalue weighted by atomic mass is 35.5. The number of rotatable bonds is 5. The van der Waals surface area contributed by atoms with E-state index in [2.05, 4.69) is 14.9 Å². The van der Waals surface area contributed by atoms with Crippen molar-refractivity contribution < 1.29 is 13.3 Å². The number of non-ortho nitro benzene ring substituents is 1. The highest BCUT2D eigenvalue weighted by Crippen LogP contribution is 2.33. The van der Waals surface area contributed by atoms with Crippen molar-refractivity contribution in [2.24, 2.45) is 0 Å². The summed E-state index contributed by atoms with van der Waals surface area (Å²) in [6.07, 6.45) is 0. The first kappa shape index (κ1) is 21.8. The molecule has 0 bridgehead atoms. The lowest BCUT2D eigenvalue weighted by Crippen LogP contribution is -2.43. The number of fused-ring (bicyclic) bond motifs is 1. The summed E-state index contributed by atoms with van der Waals surface area (Å²) in [5.41, 5.74) is 0.968. The first-order valence-corrected chi connectivity index (χ1v) is 10.7. The molecule has 1 aliphatic rings. The van der Waals surface area contributed by atoms with Crippen molar-refractivity contribution in [3.05, 3.63) is 70.8 Å². The van der Waals surface area contributed by atoms with Gasteiger partial charge < -0.3 is 10.2 Å². The normalized spacial score (nSPS) is 14.2. The number of nitro groups is 1. The van der Waals surface area contributed by atoms with Gasteiger partial charge in [-0.2, -0.15) is 0 Å². The first-order valence-electron chi connectivity index (χ1n) is 9.20. The average Bonchev–Trinajstić information content (AvgIpc) is 2.73. The third kappa shape index (κ3) is 4.33. The van der Waals surface area contributed by atoms with Gasteiger partial charge in [0, 0.05) is 54.8 Å². The van der Waals surface area contributed by atoms with Crippen molar-refractivity contribution in [2.75, 3.05) is 35.8 Å². The molecule has 10 heteroatoms. The Morgan fingerprint density at radius 3 is 2.37 bits per heavy atom. The lowest BCUT2D eigenvalue weighted by atomic mass is 10.1. The summed E-state index contributed by atoms with van der Waals surface area (Å²) in [5, 5.41) is 15.8. The van der Waals surface area contributed by atoms with E-state index in [0.717, 1.165) is 37.3 Å². The molecule has 0 amide bonds. The van der Waals surface area contributed by atoms with Crippen LogP contribution >= 0.6 is 12.4 Å². The Morgan fingerprint density at radius 1 is 0.967 bits per heavy atom. The molecule has 1 saturated heterocycles. The number of nitrogens with zero attached hydrogens (tertiary/aromatic N) is 2. The van der Waals surface area contributed by atoms with Crippen LogP contribution in [0.5, 0.6) is 0 Å². The Balaban J connectivity index is 0.00000256. The van der Waals surface area contributed by atoms with Gasteiger partial charge in [-0.1, -0.05) is 30.3 Å². The molecule has 1 heterocycles. The van der Waals surface area contributed by atoms with Gasteiger partial charge in [0.2, 0.25) is 0 Å². The maximum Gasteiger partial charge on any atom is 0.271 e. The van der Waals surface area contributed by atoms with Gasteiger partial charge in [-0.25, -0.2) is 8.42 Å². The number of benzene rings is 3. The first-order chi connectivity index (χ1) is 14.0. The van der Waals surface area contributed by atoms with Crippen LogP contribution in [0.4, 0.5) is 17.1 Å². The number of hydrogen-bond acceptors (Lipinski definition) is 6. The van der Waals surface area contributed by atoms with Crippen molar-refractivity contribution in [1.29, 1.82) is 0 Å². The minimum atomic E-state index is -3.93. The highest BCUT2D eigenvalue weighted by molar-refractivity contribution is 7.93. The van der Waals surface area contributed by atoms with Crippen molar-refractivity contribution in [3.8, 4) is 0 Å². The Bertz CT molecular complexity index is 1180. The van der Waals surface area contributed by atoms with Gasteiger partial charge in [-0.05, 0) is 18.2 Å². The number of nitrogens with one attached hydrogen (secondary N) is 2. The molecule has 4 rings (SSSR count). The van der Waals surface area contributed by atoms with E-state index in [1.807, 2.05) is 18.2 Å². The second-order valence-corrected chi connectivity index (χ2v) is 8.43. The summed E-state index contributed by atoms with van der Waals surface area (Å²) in [7, 11) is -3.93. The van der Waals surface area contributed by atoms with Crippen LogP contribution in [0.25, 0.3) is 10.8 Å². The largest absolute Gasteiger partial charge is 0.368 e. The highest BCUT2D eigenvalue weighted by Gasteiger charge is 2.22. The topological polar surface area (TPSA) is 105 Å². The molecule has 2 N–H and O–H groups in total. The fourth-order valence-corrected chi connectivity index (χ4v) is 4.83. The molecule has 8 nitrogen and oxygen atoms in total. The van der Waals surface area contributed by atoms with Crippen LogP contribution in [0.3, 0.4) is 0 Å². The molecule has 0 unspecified atom stereocenters. The van der Waals surface area contributed by atoms with Gasteiger partial charge in [0.25, 0.3) is 15.7 Å². The van der Waals surface area contributed by atoms with Crippen LogP contribution in [0.1, 0.15) is 0 Å². The molecule has 0 aliphatic carbocycles. The summed E-state index contributed by atoms with van der Waals surface area (Å²) in [6.45, 7) is 3.45. The predicted molar refractivity (Wildman–Crippen MR) is 120 cm³/mol. The second kappa shape index (κ2) is 8.86. The van der Waals surface area contributed by atoms with Crippen LogP contribution in [-0.2, 0) is 10.0 Å². The Labute approximate surface area is 180 Å². The van der Waals surface area contributed by atoms with E-state index in [1.165, 1.54) is 24.3 Å². The molecular weight excluding hydrogens is 428 g/mol. The van der Waals surface area contributed by atoms with Gasteiger partial charge >= 0.3 is 0 Å². The average molecular weight is 449 g/mol. The zero-order chi connectivity index (χ0) is 20.4. The molecule has 30 heavy (non-hydrogen) atoms. The smallest absolute Gasteiger partial charge is 0.271 e. The van der Waals surface area contributed by atoms with E-state index in [9.17, 15) is 18.5 Å². The van der Waals surface area contributed by atoms with Crippen LogP contribution in [-0.4, -0.2) is 39.5 Å². The second-order valence-electron chi connectivity index (χ2n) is 6.78. The molecule has 1 aliphatic heterocycles. The number of sulfonamides is 1. The third-order valence-electron chi connectivity index (χ3n) is 4.92. The molecule has 0 radical (unpaired) electrons. The van der Waals surface area contributed by atoms with E-state index in [-0.39, 0.29) is 28.7 Å². The summed E-state index contributed by atoms with van der Waals surface area (Å²) in [5.74, 6) is 0. The van der Waals surface area contributed by atoms with Crippen LogP contribution < -0.4 is 14.9 Å². The predicted octanol–water partition coefficient (Wildman–Crippen LogP) is 3.38. The molecule has 0 atom stereocenters. The number of hydrogen-bond donors (Lipinski definition) is 2. The van der Waals surface area contributed by atoms with Crippen LogP contribution in [0.2, 0.25) is 0 Å². The Hall–Kier alpha value is -2.88. The van der Waals surface area contributed by atoms with Crippen LogP contribution in [0.15, 0.2) is 65.6 Å². The molecule has 0 saturated carbocycles. The van der Waals surface area contributed by atoms with Crippen molar-refractivity contribution in [2.45, 2.75) is 4.90 Å². The zero-order valence-corrected chi connectivity index (χ0v) is 17.6. The van der Waals surface area contributed by atoms with Gasteiger partial charge in [-0.15, -0.1) is 12.4 Å². The SMILES string of the molecule is Cl.O=[N+]([O-])c1cccc(NS(=O)(=O)c2ccc(N3CCNCC3)c3ccccc23)c1. The minimum Gasteiger partial charge on any atom is -0.368 e. The lowest BCUT2D eigenvalue weighted by Gasteiger charge is -2.30. The molecule has 0 spiro atoms. The molecule has 0 aromatic heterocycles. The van der Waals surface area contributed by atoms with Gasteiger partial charge in [0.15, 0.2) is 0 Å². The molecular formula is C20H21ClN4O4S. The summed E-state index contributed by atoms with van der Waals surface area (Å²) < 4.78 is 28.6. The van der Waals surface area contributed by atoms with Crippen molar-refractivity contribution in [1.82, 2.24) is 5.32 Å². The van der Waals surface area contributed by atoms with E-state index in [0.29, 0.717) is 5.39 Å². The molecule has 1 fully saturated rings. The van der Waals surface area contributed by atoms with Gasteiger partial charge in [0.05, 0.1) is 15.5 Å². The van der Waals surface area contributed by atoms with Crippen molar-refractivity contribution >= 4 is 50.3 Å². The fourth-order valence-electron chi connectivity index (χ4n) is 3.56. The maximum absolute atomic E-state index is 13.1. The molecule has 3 aromatic rings. The fraction of sp³-hybridized carbons (Fsp3) is 0.200. The monoisotopic (exact) mass is 448 g/mol. The standard InChI is InChI=1S/C20H20N4O4S.ClH/c25-24(26)16-5-3-4-15(14-16)22-29(27,28)20-9-8-19(23-12-10-21-11-13-23)17-6-1-2-7-18(17)20;/h1-9,14,21-22H,10-13H2;1H. The quantitative estimate of drug-likeness (QED) is 0.458. The number of piperazine rings is 1. The summed E-state index contributed by atoms with van der Waals surface area (Å²) in [4.78, 5) is 12.8. The van der Waals surface area contributed by atoms with E-state index in [1.54, 1.807) is 18.2 Å². The van der Waals surface area contributed by atoms with Crippen LogP contribution in [0, 0.1) is 10.1 Å². The maximum atomic E-state index is 13.1.